The molecule has 0 unspecified atom stereocenters. The van der Waals surface area contributed by atoms with Gasteiger partial charge in [-0.3, -0.25) is 9.89 Å². The van der Waals surface area contributed by atoms with E-state index >= 15 is 0 Å². The Morgan fingerprint density at radius 3 is 2.66 bits per heavy atom. The largest absolute Gasteiger partial charge is 0.478 e. The van der Waals surface area contributed by atoms with Gasteiger partial charge in [-0.1, -0.05) is 0 Å². The number of anilines is 1. The zero-order valence-electron chi connectivity index (χ0n) is 15.9. The third-order valence-corrected chi connectivity index (χ3v) is 4.98. The fourth-order valence-electron chi connectivity index (χ4n) is 3.45. The van der Waals surface area contributed by atoms with Crippen LogP contribution < -0.4 is 10.1 Å². The molecule has 1 fully saturated rings. The number of aromatic amines is 1. The minimum atomic E-state index is -0.324. The topological polar surface area (TPSA) is 96.0 Å². The number of amides is 1. The summed E-state index contributed by atoms with van der Waals surface area (Å²) in [5.74, 6) is 0.644. The number of piperidine rings is 1. The number of aromatic nitrogens is 4. The van der Waals surface area contributed by atoms with E-state index < -0.39 is 0 Å². The van der Waals surface area contributed by atoms with E-state index in [0.29, 0.717) is 36.0 Å². The van der Waals surface area contributed by atoms with E-state index in [9.17, 15) is 9.18 Å². The van der Waals surface area contributed by atoms with Crippen LogP contribution in [0.4, 0.5) is 10.2 Å². The molecule has 0 saturated carbocycles. The Balaban J connectivity index is 1.41. The number of hydrogen-bond acceptors (Lipinski definition) is 6. The first kappa shape index (κ1) is 18.9. The minimum absolute atomic E-state index is 0.0893. The predicted octanol–water partition coefficient (Wildman–Crippen LogP) is 2.73. The van der Waals surface area contributed by atoms with Crippen molar-refractivity contribution in [1.29, 1.82) is 0 Å². The average Bonchev–Trinajstić information content (AvgIpc) is 3.24. The second-order valence-corrected chi connectivity index (χ2v) is 6.79. The maximum absolute atomic E-state index is 13.2. The molecule has 29 heavy (non-hydrogen) atoms. The van der Waals surface area contributed by atoms with Gasteiger partial charge >= 0.3 is 0 Å². The third kappa shape index (κ3) is 4.03. The van der Waals surface area contributed by atoms with Gasteiger partial charge in [0.1, 0.15) is 5.82 Å². The Morgan fingerprint density at radius 2 is 1.93 bits per heavy atom. The summed E-state index contributed by atoms with van der Waals surface area (Å²) in [7, 11) is 1.56. The van der Waals surface area contributed by atoms with E-state index in [1.807, 2.05) is 4.90 Å². The Bertz CT molecular complexity index is 983. The van der Waals surface area contributed by atoms with E-state index in [1.165, 1.54) is 18.3 Å². The van der Waals surface area contributed by atoms with Gasteiger partial charge in [0.15, 0.2) is 5.82 Å². The van der Waals surface area contributed by atoms with Gasteiger partial charge in [0.25, 0.3) is 11.8 Å². The molecule has 0 bridgehead atoms. The molecule has 0 atom stereocenters. The van der Waals surface area contributed by atoms with Crippen molar-refractivity contribution in [3.05, 3.63) is 54.2 Å². The second kappa shape index (κ2) is 8.26. The summed E-state index contributed by atoms with van der Waals surface area (Å²) in [5.41, 5.74) is 1.80. The van der Waals surface area contributed by atoms with Crippen LogP contribution in [0.15, 0.2) is 42.9 Å². The van der Waals surface area contributed by atoms with Crippen LogP contribution in [-0.4, -0.2) is 57.2 Å². The highest BCUT2D eigenvalue weighted by atomic mass is 19.1. The van der Waals surface area contributed by atoms with Gasteiger partial charge in [-0.05, 0) is 37.1 Å². The molecule has 0 aliphatic carbocycles. The Hall–Kier alpha value is -3.49. The first-order chi connectivity index (χ1) is 14.2. The number of nitrogens with zero attached hydrogens (tertiary/aromatic N) is 4. The smallest absolute Gasteiger partial charge is 0.257 e. The van der Waals surface area contributed by atoms with E-state index in [1.54, 1.807) is 31.6 Å². The van der Waals surface area contributed by atoms with Crippen LogP contribution in [0.25, 0.3) is 11.3 Å². The fourth-order valence-corrected chi connectivity index (χ4v) is 3.45. The number of rotatable bonds is 5. The average molecular weight is 396 g/mol. The summed E-state index contributed by atoms with van der Waals surface area (Å²) in [6.45, 7) is 1.21. The van der Waals surface area contributed by atoms with Crippen LogP contribution in [0, 0.1) is 5.82 Å². The van der Waals surface area contributed by atoms with Crippen molar-refractivity contribution in [2.45, 2.75) is 18.9 Å². The van der Waals surface area contributed by atoms with Crippen molar-refractivity contribution in [3.63, 3.8) is 0 Å². The number of carbonyl (C=O) groups is 1. The van der Waals surface area contributed by atoms with Crippen molar-refractivity contribution >= 4 is 11.7 Å². The lowest BCUT2D eigenvalue weighted by Gasteiger charge is -2.32. The number of nitrogens with one attached hydrogen (secondary N) is 2. The predicted molar refractivity (Wildman–Crippen MR) is 105 cm³/mol. The number of benzene rings is 1. The minimum Gasteiger partial charge on any atom is -0.478 e. The highest BCUT2D eigenvalue weighted by molar-refractivity contribution is 5.99. The molecule has 1 aliphatic heterocycles. The summed E-state index contributed by atoms with van der Waals surface area (Å²) in [4.78, 5) is 23.2. The molecular weight excluding hydrogens is 375 g/mol. The van der Waals surface area contributed by atoms with Gasteiger partial charge in [-0.25, -0.2) is 14.4 Å². The first-order valence-corrected chi connectivity index (χ1v) is 9.36. The van der Waals surface area contributed by atoms with Crippen molar-refractivity contribution in [1.82, 2.24) is 25.1 Å². The molecule has 1 saturated heterocycles. The van der Waals surface area contributed by atoms with Gasteiger partial charge in [0.2, 0.25) is 0 Å². The van der Waals surface area contributed by atoms with Crippen LogP contribution in [0.2, 0.25) is 0 Å². The van der Waals surface area contributed by atoms with Crippen LogP contribution in [0.5, 0.6) is 5.88 Å². The Kier molecular flexibility index (Phi) is 5.37. The first-order valence-electron chi connectivity index (χ1n) is 9.36. The van der Waals surface area contributed by atoms with Gasteiger partial charge in [0, 0.05) is 37.1 Å². The number of carbonyl (C=O) groups excluding carboxylic acids is 1. The molecule has 3 heterocycles. The summed E-state index contributed by atoms with van der Waals surface area (Å²) < 4.78 is 18.4. The number of halogens is 1. The maximum Gasteiger partial charge on any atom is 0.257 e. The number of H-pyrrole nitrogens is 1. The van der Waals surface area contributed by atoms with Crippen LogP contribution in [0.1, 0.15) is 23.2 Å². The molecule has 1 aliphatic rings. The molecule has 1 amide bonds. The third-order valence-electron chi connectivity index (χ3n) is 4.98. The van der Waals surface area contributed by atoms with Crippen molar-refractivity contribution in [2.24, 2.45) is 0 Å². The van der Waals surface area contributed by atoms with Crippen molar-refractivity contribution in [3.8, 4) is 17.1 Å². The van der Waals surface area contributed by atoms with Gasteiger partial charge in [-0.2, -0.15) is 5.10 Å². The van der Waals surface area contributed by atoms with Crippen molar-refractivity contribution < 1.29 is 13.9 Å². The monoisotopic (exact) mass is 396 g/mol. The zero-order chi connectivity index (χ0) is 20.2. The molecular formula is C20H21FN6O2. The number of ether oxygens (including phenoxy) is 1. The Labute approximate surface area is 167 Å². The van der Waals surface area contributed by atoms with Crippen LogP contribution in [0.3, 0.4) is 0 Å². The molecule has 8 nitrogen and oxygen atoms in total. The lowest BCUT2D eigenvalue weighted by molar-refractivity contribution is 0.0719. The van der Waals surface area contributed by atoms with E-state index in [0.717, 1.165) is 18.4 Å². The standard InChI is InChI=1S/C20H21FN6O2/c1-29-19-18(22-8-9-23-19)25-15-6-10-27(11-7-15)20(28)16-12-24-26-17(16)13-2-4-14(21)5-3-13/h2-5,8-9,12,15H,6-7,10-11H2,1H3,(H,22,25)(H,24,26). The quantitative estimate of drug-likeness (QED) is 0.689. The second-order valence-electron chi connectivity index (χ2n) is 6.79. The molecule has 2 aromatic heterocycles. The lowest BCUT2D eigenvalue weighted by Crippen LogP contribution is -2.42. The number of likely N-dealkylation sites (tertiary alicyclic amines) is 1. The molecule has 3 aromatic rings. The molecule has 9 heteroatoms. The van der Waals surface area contributed by atoms with Crippen molar-refractivity contribution in [2.75, 3.05) is 25.5 Å². The van der Waals surface area contributed by atoms with Gasteiger partial charge in [-0.15, -0.1) is 0 Å². The Morgan fingerprint density at radius 1 is 1.21 bits per heavy atom. The highest BCUT2D eigenvalue weighted by Crippen LogP contribution is 2.25. The molecule has 4 rings (SSSR count). The summed E-state index contributed by atoms with van der Waals surface area (Å²) in [6.07, 6.45) is 6.26. The van der Waals surface area contributed by atoms with Gasteiger partial charge in [0.05, 0.1) is 24.6 Å². The SMILES string of the molecule is COc1nccnc1NC1CCN(C(=O)c2cn[nH]c2-c2ccc(F)cc2)CC1. The normalized spacial score (nSPS) is 14.6. The summed E-state index contributed by atoms with van der Waals surface area (Å²) in [6, 6.07) is 6.16. The fraction of sp³-hybridized carbons (Fsp3) is 0.300. The number of methoxy groups -OCH3 is 1. The van der Waals surface area contributed by atoms with Crippen LogP contribution in [-0.2, 0) is 0 Å². The number of hydrogen-bond donors (Lipinski definition) is 2. The molecule has 0 spiro atoms. The van der Waals surface area contributed by atoms with Gasteiger partial charge < -0.3 is 15.0 Å². The molecule has 1 aromatic carbocycles. The molecule has 0 radical (unpaired) electrons. The molecule has 2 N–H and O–H groups in total. The lowest BCUT2D eigenvalue weighted by atomic mass is 10.0. The maximum atomic E-state index is 13.2. The zero-order valence-corrected chi connectivity index (χ0v) is 15.9. The van der Waals surface area contributed by atoms with Crippen LogP contribution >= 0.6 is 0 Å². The summed E-state index contributed by atoms with van der Waals surface area (Å²) in [5, 5.41) is 10.2. The molecule has 150 valence electrons. The van der Waals surface area contributed by atoms with E-state index in [2.05, 4.69) is 25.5 Å². The van der Waals surface area contributed by atoms with E-state index in [4.69, 9.17) is 4.74 Å². The summed E-state index contributed by atoms with van der Waals surface area (Å²) >= 11 is 0. The van der Waals surface area contributed by atoms with E-state index in [-0.39, 0.29) is 17.8 Å². The highest BCUT2D eigenvalue weighted by Gasteiger charge is 2.27.